The minimum Gasteiger partial charge on any atom is -0.329 e. The van der Waals surface area contributed by atoms with Gasteiger partial charge in [0.1, 0.15) is 0 Å². The highest BCUT2D eigenvalue weighted by atomic mass is 35.5. The van der Waals surface area contributed by atoms with Gasteiger partial charge in [0.2, 0.25) is 0 Å². The number of rotatable bonds is 2. The Morgan fingerprint density at radius 3 is 2.71 bits per heavy atom. The van der Waals surface area contributed by atoms with Crippen molar-refractivity contribution < 1.29 is 0 Å². The maximum Gasteiger partial charge on any atom is 0.0440 e. The molecular weight excluding hydrogens is 196 g/mol. The van der Waals surface area contributed by atoms with E-state index in [-0.39, 0.29) is 6.04 Å². The van der Waals surface area contributed by atoms with Crippen LogP contribution < -0.4 is 11.5 Å². The van der Waals surface area contributed by atoms with E-state index in [0.29, 0.717) is 6.54 Å². The van der Waals surface area contributed by atoms with Crippen molar-refractivity contribution in [2.24, 2.45) is 11.5 Å². The van der Waals surface area contributed by atoms with Gasteiger partial charge in [-0.25, -0.2) is 0 Å². The van der Waals surface area contributed by atoms with E-state index in [0.717, 1.165) is 17.9 Å². The molecular formula is C11H15ClN2. The van der Waals surface area contributed by atoms with Gasteiger partial charge < -0.3 is 11.5 Å². The highest BCUT2D eigenvalue weighted by Gasteiger charge is 2.19. The smallest absolute Gasteiger partial charge is 0.0440 e. The van der Waals surface area contributed by atoms with Crippen LogP contribution in [0.3, 0.4) is 0 Å². The summed E-state index contributed by atoms with van der Waals surface area (Å²) in [6.45, 7) is 0.494. The van der Waals surface area contributed by atoms with Crippen molar-refractivity contribution in [3.8, 4) is 0 Å². The maximum absolute atomic E-state index is 6.12. The fourth-order valence-corrected chi connectivity index (χ4v) is 2.44. The zero-order valence-corrected chi connectivity index (χ0v) is 8.85. The van der Waals surface area contributed by atoms with Gasteiger partial charge in [0.05, 0.1) is 0 Å². The van der Waals surface area contributed by atoms with Crippen molar-refractivity contribution in [3.05, 3.63) is 33.8 Å². The standard InChI is InChI=1S/C11H15ClN2/c12-10-5-4-9(11(14)6-13)7-2-1-3-8(7)10/h4-5,11H,1-3,6,13-14H2/t11-/m0/s1. The van der Waals surface area contributed by atoms with Gasteiger partial charge in [0, 0.05) is 17.6 Å². The molecule has 0 bridgehead atoms. The lowest BCUT2D eigenvalue weighted by molar-refractivity contribution is 0.726. The highest BCUT2D eigenvalue weighted by molar-refractivity contribution is 6.31. The van der Waals surface area contributed by atoms with E-state index < -0.39 is 0 Å². The molecule has 0 amide bonds. The van der Waals surface area contributed by atoms with Crippen molar-refractivity contribution in [1.29, 1.82) is 0 Å². The molecule has 0 unspecified atom stereocenters. The summed E-state index contributed by atoms with van der Waals surface area (Å²) in [6.07, 6.45) is 3.36. The van der Waals surface area contributed by atoms with Gasteiger partial charge in [-0.3, -0.25) is 0 Å². The van der Waals surface area contributed by atoms with E-state index in [9.17, 15) is 0 Å². The van der Waals surface area contributed by atoms with E-state index in [1.807, 2.05) is 12.1 Å². The molecule has 4 N–H and O–H groups in total. The predicted octanol–water partition coefficient (Wildman–Crippen LogP) is 1.79. The molecule has 14 heavy (non-hydrogen) atoms. The summed E-state index contributed by atoms with van der Waals surface area (Å²) in [6, 6.07) is 3.92. The van der Waals surface area contributed by atoms with Crippen LogP contribution in [0.25, 0.3) is 0 Å². The molecule has 0 heterocycles. The first kappa shape index (κ1) is 9.97. The molecule has 0 spiro atoms. The molecule has 1 aliphatic carbocycles. The SMILES string of the molecule is NC[C@H](N)c1ccc(Cl)c2c1CCC2. The van der Waals surface area contributed by atoms with Crippen LogP contribution in [0.2, 0.25) is 5.02 Å². The average Bonchev–Trinajstić information content (AvgIpc) is 2.67. The molecule has 0 aliphatic heterocycles. The van der Waals surface area contributed by atoms with Crippen molar-refractivity contribution in [3.63, 3.8) is 0 Å². The molecule has 2 nitrogen and oxygen atoms in total. The summed E-state index contributed by atoms with van der Waals surface area (Å²) >= 11 is 6.12. The summed E-state index contributed by atoms with van der Waals surface area (Å²) < 4.78 is 0. The molecule has 2 rings (SSSR count). The summed E-state index contributed by atoms with van der Waals surface area (Å²) in [5.41, 5.74) is 15.3. The Bertz CT molecular complexity index is 349. The molecule has 76 valence electrons. The van der Waals surface area contributed by atoms with E-state index in [1.54, 1.807) is 0 Å². The van der Waals surface area contributed by atoms with Crippen LogP contribution in [0.5, 0.6) is 0 Å². The number of fused-ring (bicyclic) bond motifs is 1. The fourth-order valence-electron chi connectivity index (χ4n) is 2.16. The molecule has 0 saturated heterocycles. The average molecular weight is 211 g/mol. The Labute approximate surface area is 89.2 Å². The molecule has 0 radical (unpaired) electrons. The van der Waals surface area contributed by atoms with Crippen LogP contribution in [0, 0.1) is 0 Å². The second-order valence-electron chi connectivity index (χ2n) is 3.79. The molecule has 3 heteroatoms. The quantitative estimate of drug-likeness (QED) is 0.782. The van der Waals surface area contributed by atoms with E-state index in [4.69, 9.17) is 23.1 Å². The first-order chi connectivity index (χ1) is 6.74. The number of halogens is 1. The number of nitrogens with two attached hydrogens (primary N) is 2. The minimum absolute atomic E-state index is 0.0425. The van der Waals surface area contributed by atoms with E-state index in [2.05, 4.69) is 0 Å². The lowest BCUT2D eigenvalue weighted by atomic mass is 9.98. The van der Waals surface area contributed by atoms with Crippen LogP contribution in [-0.4, -0.2) is 6.54 Å². The van der Waals surface area contributed by atoms with Gasteiger partial charge >= 0.3 is 0 Å². The van der Waals surface area contributed by atoms with Crippen molar-refractivity contribution in [2.75, 3.05) is 6.54 Å². The molecule has 0 fully saturated rings. The third-order valence-electron chi connectivity index (χ3n) is 2.92. The number of hydrogen-bond acceptors (Lipinski definition) is 2. The predicted molar refractivity (Wildman–Crippen MR) is 59.5 cm³/mol. The summed E-state index contributed by atoms with van der Waals surface area (Å²) in [5, 5.41) is 0.880. The molecule has 1 aromatic rings. The number of hydrogen-bond donors (Lipinski definition) is 2. The third-order valence-corrected chi connectivity index (χ3v) is 3.27. The first-order valence-corrected chi connectivity index (χ1v) is 5.37. The topological polar surface area (TPSA) is 52.0 Å². The van der Waals surface area contributed by atoms with Crippen molar-refractivity contribution in [1.82, 2.24) is 0 Å². The van der Waals surface area contributed by atoms with Crippen molar-refractivity contribution in [2.45, 2.75) is 25.3 Å². The summed E-state index contributed by atoms with van der Waals surface area (Å²) in [5.74, 6) is 0. The van der Waals surface area contributed by atoms with Gasteiger partial charge in [-0.15, -0.1) is 0 Å². The summed E-state index contributed by atoms with van der Waals surface area (Å²) in [7, 11) is 0. The molecule has 0 aromatic heterocycles. The molecule has 1 aromatic carbocycles. The van der Waals surface area contributed by atoms with Gasteiger partial charge in [-0.05, 0) is 42.0 Å². The first-order valence-electron chi connectivity index (χ1n) is 5.00. The zero-order valence-electron chi connectivity index (χ0n) is 8.09. The molecule has 1 atom stereocenters. The monoisotopic (exact) mass is 210 g/mol. The normalized spacial score (nSPS) is 16.8. The van der Waals surface area contributed by atoms with Gasteiger partial charge in [0.25, 0.3) is 0 Å². The fraction of sp³-hybridized carbons (Fsp3) is 0.455. The Hall–Kier alpha value is -0.570. The maximum atomic E-state index is 6.12. The van der Waals surface area contributed by atoms with Crippen LogP contribution in [0.1, 0.15) is 29.2 Å². The highest BCUT2D eigenvalue weighted by Crippen LogP contribution is 2.33. The van der Waals surface area contributed by atoms with E-state index in [1.165, 1.54) is 23.1 Å². The van der Waals surface area contributed by atoms with Crippen molar-refractivity contribution >= 4 is 11.6 Å². The van der Waals surface area contributed by atoms with Crippen LogP contribution in [-0.2, 0) is 12.8 Å². The third kappa shape index (κ3) is 1.54. The van der Waals surface area contributed by atoms with Gasteiger partial charge in [-0.1, -0.05) is 17.7 Å². The minimum atomic E-state index is -0.0425. The Kier molecular flexibility index (Phi) is 2.77. The largest absolute Gasteiger partial charge is 0.329 e. The lowest BCUT2D eigenvalue weighted by Gasteiger charge is -2.15. The van der Waals surface area contributed by atoms with E-state index >= 15 is 0 Å². The van der Waals surface area contributed by atoms with Crippen LogP contribution in [0.15, 0.2) is 12.1 Å². The Balaban J connectivity index is 2.48. The zero-order chi connectivity index (χ0) is 10.1. The lowest BCUT2D eigenvalue weighted by Crippen LogP contribution is -2.22. The second-order valence-corrected chi connectivity index (χ2v) is 4.20. The van der Waals surface area contributed by atoms with Gasteiger partial charge in [0.15, 0.2) is 0 Å². The van der Waals surface area contributed by atoms with Crippen LogP contribution in [0.4, 0.5) is 0 Å². The molecule has 0 saturated carbocycles. The Morgan fingerprint density at radius 2 is 2.00 bits per heavy atom. The summed E-state index contributed by atoms with van der Waals surface area (Å²) in [4.78, 5) is 0. The second kappa shape index (κ2) is 3.89. The van der Waals surface area contributed by atoms with Gasteiger partial charge in [-0.2, -0.15) is 0 Å². The van der Waals surface area contributed by atoms with Crippen LogP contribution >= 0.6 is 11.6 Å². The molecule has 1 aliphatic rings. The Morgan fingerprint density at radius 1 is 1.29 bits per heavy atom. The number of benzene rings is 1.